The van der Waals surface area contributed by atoms with Gasteiger partial charge >= 0.3 is 0 Å². The van der Waals surface area contributed by atoms with Gasteiger partial charge in [-0.1, -0.05) is 34.6 Å². The Bertz CT molecular complexity index is 1250. The van der Waals surface area contributed by atoms with Crippen molar-refractivity contribution in [3.63, 3.8) is 0 Å². The maximum atomic E-state index is 14.4. The van der Waals surface area contributed by atoms with E-state index >= 15 is 0 Å². The van der Waals surface area contributed by atoms with Gasteiger partial charge in [-0.3, -0.25) is 4.79 Å². The van der Waals surface area contributed by atoms with Crippen LogP contribution in [0.1, 0.15) is 116 Å². The topological polar surface area (TPSA) is 83.2 Å². The summed E-state index contributed by atoms with van der Waals surface area (Å²) in [5, 5.41) is 22.3. The molecule has 1 saturated heterocycles. The smallest absolute Gasteiger partial charge is 0.138 e. The van der Waals surface area contributed by atoms with Crippen molar-refractivity contribution in [3.05, 3.63) is 15.6 Å². The number of rotatable bonds is 2. The van der Waals surface area contributed by atoms with Gasteiger partial charge in [-0.2, -0.15) is 5.26 Å². The van der Waals surface area contributed by atoms with Crippen LogP contribution in [0, 0.1) is 51.2 Å². The fourth-order valence-electron chi connectivity index (χ4n) is 11.7. The normalized spacial score (nSPS) is 47.9. The molecular formula is C33H48N2O3S. The standard InChI is InChI=1S/C33H48N2O3S/c1-28(2)12-9-13-33(8,38-28)19-10-14-31(6)25(19)20(36)16-23-30(5)18-22-27(35-24(39-22)11-15-34)29(3,4)26(30)21(37)17-32(23,31)7/h19-20,23,25-26,36H,9-14,16-18H2,1-8H3/t19-,20+,23+,25-,26-,30+,31+,32+,33+/m0/s1. The molecule has 0 amide bonds. The SMILES string of the molecule is CC1(C)CCC[C@](C)([C@H]2CC[C@]3(C)[C@@H]2[C@H](O)C[C@@H]2[C@@]4(C)Cc5sc(CC#N)nc5C(C)(C)[C@@H]4C(=O)C[C@]23C)O1. The molecule has 0 unspecified atom stereocenters. The fourth-order valence-corrected chi connectivity index (χ4v) is 13.0. The number of thiazole rings is 1. The number of carbonyl (C=O) groups is 1. The van der Waals surface area contributed by atoms with Crippen molar-refractivity contribution in [2.45, 2.75) is 136 Å². The Morgan fingerprint density at radius 3 is 2.44 bits per heavy atom. The summed E-state index contributed by atoms with van der Waals surface area (Å²) in [6.07, 6.45) is 7.48. The van der Waals surface area contributed by atoms with Crippen LogP contribution in [-0.2, 0) is 27.8 Å². The molecule has 4 fully saturated rings. The van der Waals surface area contributed by atoms with Crippen LogP contribution in [0.3, 0.4) is 0 Å². The highest BCUT2D eigenvalue weighted by Gasteiger charge is 2.73. The molecule has 1 aromatic heterocycles. The van der Waals surface area contributed by atoms with Crippen LogP contribution in [0.25, 0.3) is 0 Å². The molecular weight excluding hydrogens is 504 g/mol. The van der Waals surface area contributed by atoms with Crippen molar-refractivity contribution >= 4 is 17.1 Å². The molecule has 2 heterocycles. The van der Waals surface area contributed by atoms with Gasteiger partial charge in [0, 0.05) is 22.6 Å². The predicted molar refractivity (Wildman–Crippen MR) is 153 cm³/mol. The van der Waals surface area contributed by atoms with E-state index in [1.165, 1.54) is 4.88 Å². The molecule has 9 atom stereocenters. The van der Waals surface area contributed by atoms with Gasteiger partial charge < -0.3 is 9.84 Å². The molecule has 0 radical (unpaired) electrons. The average molecular weight is 553 g/mol. The Balaban J connectivity index is 1.42. The summed E-state index contributed by atoms with van der Waals surface area (Å²) < 4.78 is 6.87. The molecule has 1 N–H and O–H groups in total. The van der Waals surface area contributed by atoms with Gasteiger partial charge in [0.05, 0.1) is 35.5 Å². The van der Waals surface area contributed by atoms with E-state index in [-0.39, 0.29) is 50.6 Å². The van der Waals surface area contributed by atoms with Gasteiger partial charge in [0.15, 0.2) is 0 Å². The zero-order chi connectivity index (χ0) is 28.4. The molecule has 4 aliphatic carbocycles. The largest absolute Gasteiger partial charge is 0.393 e. The Morgan fingerprint density at radius 1 is 1.05 bits per heavy atom. The monoisotopic (exact) mass is 552 g/mol. The lowest BCUT2D eigenvalue weighted by molar-refractivity contribution is -0.239. The van der Waals surface area contributed by atoms with Gasteiger partial charge in [-0.25, -0.2) is 4.98 Å². The number of hydrogen-bond donors (Lipinski definition) is 1. The van der Waals surface area contributed by atoms with Gasteiger partial charge in [-0.15, -0.1) is 11.3 Å². The number of aliphatic hydroxyl groups excluding tert-OH is 1. The van der Waals surface area contributed by atoms with E-state index < -0.39 is 6.10 Å². The summed E-state index contributed by atoms with van der Waals surface area (Å²) in [5.74, 6) is 0.941. The van der Waals surface area contributed by atoms with E-state index in [9.17, 15) is 15.2 Å². The quantitative estimate of drug-likeness (QED) is 0.436. The van der Waals surface area contributed by atoms with Crippen LogP contribution in [0.4, 0.5) is 0 Å². The van der Waals surface area contributed by atoms with E-state index in [1.807, 2.05) is 0 Å². The van der Waals surface area contributed by atoms with Crippen molar-refractivity contribution in [3.8, 4) is 6.07 Å². The number of carbonyl (C=O) groups excluding carboxylic acids is 1. The fraction of sp³-hybridized carbons (Fsp3) is 0.848. The highest BCUT2D eigenvalue weighted by molar-refractivity contribution is 7.11. The maximum Gasteiger partial charge on any atom is 0.138 e. The first-order valence-electron chi connectivity index (χ1n) is 15.3. The minimum atomic E-state index is -0.392. The van der Waals surface area contributed by atoms with Gasteiger partial charge in [0.1, 0.15) is 10.8 Å². The molecule has 214 valence electrons. The lowest BCUT2D eigenvalue weighted by Crippen LogP contribution is -2.68. The van der Waals surface area contributed by atoms with Crippen molar-refractivity contribution in [2.75, 3.05) is 0 Å². The average Bonchev–Trinajstić information content (AvgIpc) is 3.37. The van der Waals surface area contributed by atoms with E-state index in [0.29, 0.717) is 24.5 Å². The van der Waals surface area contributed by atoms with Crippen LogP contribution in [0.15, 0.2) is 0 Å². The molecule has 5 aliphatic rings. The van der Waals surface area contributed by atoms with E-state index in [2.05, 4.69) is 61.5 Å². The molecule has 3 saturated carbocycles. The lowest BCUT2D eigenvalue weighted by atomic mass is 9.35. The Kier molecular flexibility index (Phi) is 5.99. The van der Waals surface area contributed by atoms with Gasteiger partial charge in [-0.05, 0) is 99.7 Å². The second-order valence-corrected chi connectivity index (χ2v) is 17.3. The Hall–Kier alpha value is -1.29. The van der Waals surface area contributed by atoms with Crippen molar-refractivity contribution in [2.24, 2.45) is 39.9 Å². The minimum absolute atomic E-state index is 0.123. The Labute approximate surface area is 239 Å². The van der Waals surface area contributed by atoms with Crippen LogP contribution >= 0.6 is 11.3 Å². The number of nitrogens with zero attached hydrogens (tertiary/aromatic N) is 2. The first-order chi connectivity index (χ1) is 18.0. The summed E-state index contributed by atoms with van der Waals surface area (Å²) in [6, 6.07) is 2.27. The molecule has 1 aliphatic heterocycles. The van der Waals surface area contributed by atoms with Gasteiger partial charge in [0.2, 0.25) is 0 Å². The van der Waals surface area contributed by atoms with Crippen LogP contribution in [-0.4, -0.2) is 33.2 Å². The third-order valence-corrected chi connectivity index (χ3v) is 14.1. The third kappa shape index (κ3) is 3.61. The maximum absolute atomic E-state index is 14.4. The number of hydrogen-bond acceptors (Lipinski definition) is 6. The molecule has 6 heteroatoms. The highest BCUT2D eigenvalue weighted by Crippen LogP contribution is 2.75. The molecule has 6 rings (SSSR count). The van der Waals surface area contributed by atoms with Crippen molar-refractivity contribution in [1.29, 1.82) is 5.26 Å². The van der Waals surface area contributed by atoms with Crippen molar-refractivity contribution in [1.82, 2.24) is 4.98 Å². The van der Waals surface area contributed by atoms with Crippen LogP contribution in [0.5, 0.6) is 0 Å². The highest BCUT2D eigenvalue weighted by atomic mass is 32.1. The number of ether oxygens (including phenoxy) is 1. The van der Waals surface area contributed by atoms with Gasteiger partial charge in [0.25, 0.3) is 0 Å². The number of aromatic nitrogens is 1. The number of fused-ring (bicyclic) bond motifs is 6. The first kappa shape index (κ1) is 27.9. The van der Waals surface area contributed by atoms with E-state index in [1.54, 1.807) is 11.3 Å². The summed E-state index contributed by atoms with van der Waals surface area (Å²) >= 11 is 1.67. The molecule has 0 spiro atoms. The minimum Gasteiger partial charge on any atom is -0.393 e. The zero-order valence-electron chi connectivity index (χ0n) is 25.3. The Morgan fingerprint density at radius 2 is 1.77 bits per heavy atom. The lowest BCUT2D eigenvalue weighted by Gasteiger charge is -2.69. The summed E-state index contributed by atoms with van der Waals surface area (Å²) in [6.45, 7) is 18.3. The summed E-state index contributed by atoms with van der Waals surface area (Å²) in [4.78, 5) is 20.6. The number of ketones is 1. The first-order valence-corrected chi connectivity index (χ1v) is 16.1. The number of aliphatic hydroxyl groups is 1. The molecule has 1 aromatic rings. The van der Waals surface area contributed by atoms with Crippen molar-refractivity contribution < 1.29 is 14.6 Å². The molecule has 0 bridgehead atoms. The number of Topliss-reactive ketones (excluding diaryl/α,β-unsaturated/α-hetero) is 1. The molecule has 5 nitrogen and oxygen atoms in total. The second-order valence-electron chi connectivity index (χ2n) is 16.1. The zero-order valence-corrected chi connectivity index (χ0v) is 26.1. The summed E-state index contributed by atoms with van der Waals surface area (Å²) in [7, 11) is 0. The third-order valence-electron chi connectivity index (χ3n) is 13.0. The molecule has 39 heavy (non-hydrogen) atoms. The van der Waals surface area contributed by atoms with Crippen LogP contribution < -0.4 is 0 Å². The van der Waals surface area contributed by atoms with E-state index in [4.69, 9.17) is 9.72 Å². The number of nitriles is 1. The second kappa shape index (κ2) is 8.39. The van der Waals surface area contributed by atoms with E-state index in [0.717, 1.165) is 55.6 Å². The molecule has 0 aromatic carbocycles. The summed E-state index contributed by atoms with van der Waals surface area (Å²) in [5.41, 5.74) is -0.281. The van der Waals surface area contributed by atoms with Crippen LogP contribution in [0.2, 0.25) is 0 Å². The predicted octanol–water partition coefficient (Wildman–Crippen LogP) is 6.80.